The zero-order chi connectivity index (χ0) is 14.5. The summed E-state index contributed by atoms with van der Waals surface area (Å²) in [5.41, 5.74) is 7.26. The van der Waals surface area contributed by atoms with Gasteiger partial charge in [0.1, 0.15) is 0 Å². The fourth-order valence-electron chi connectivity index (χ4n) is 1.71. The topological polar surface area (TPSA) is 35.2 Å². The van der Waals surface area contributed by atoms with E-state index in [2.05, 4.69) is 0 Å². The molecule has 20 heavy (non-hydrogen) atoms. The lowest BCUT2D eigenvalue weighted by Crippen LogP contribution is -1.98. The van der Waals surface area contributed by atoms with E-state index in [-0.39, 0.29) is 5.75 Å². The van der Waals surface area contributed by atoms with E-state index in [0.29, 0.717) is 23.1 Å². The first-order valence-electron chi connectivity index (χ1n) is 6.19. The Hall–Kier alpha value is -1.39. The molecule has 2 nitrogen and oxygen atoms in total. The third kappa shape index (κ3) is 3.58. The minimum absolute atomic E-state index is 0.225. The monoisotopic (exact) mass is 311 g/mol. The van der Waals surface area contributed by atoms with E-state index >= 15 is 0 Å². The maximum absolute atomic E-state index is 13.6. The van der Waals surface area contributed by atoms with Gasteiger partial charge in [-0.2, -0.15) is 0 Å². The third-order valence-electron chi connectivity index (χ3n) is 2.71. The van der Waals surface area contributed by atoms with E-state index in [9.17, 15) is 4.39 Å². The number of benzene rings is 2. The summed E-state index contributed by atoms with van der Waals surface area (Å²) in [5, 5.41) is 0.714. The molecular weight excluding hydrogens is 297 g/mol. The number of rotatable bonds is 5. The van der Waals surface area contributed by atoms with Crippen LogP contribution >= 0.6 is 23.4 Å². The van der Waals surface area contributed by atoms with E-state index in [1.165, 1.54) is 17.8 Å². The molecule has 0 aliphatic carbocycles. The van der Waals surface area contributed by atoms with Gasteiger partial charge < -0.3 is 10.5 Å². The molecule has 0 unspecified atom stereocenters. The number of halogens is 2. The number of nitrogen functional groups attached to an aromatic ring is 1. The molecular formula is C15H15ClFNOS. The van der Waals surface area contributed by atoms with Gasteiger partial charge in [-0.3, -0.25) is 0 Å². The molecule has 0 atom stereocenters. The first kappa shape index (κ1) is 15.0. The van der Waals surface area contributed by atoms with Crippen LogP contribution in [0.4, 0.5) is 10.1 Å². The quantitative estimate of drug-likeness (QED) is 0.639. The molecule has 0 spiro atoms. The first-order chi connectivity index (χ1) is 9.61. The molecule has 0 fully saturated rings. The van der Waals surface area contributed by atoms with Gasteiger partial charge in [0.2, 0.25) is 0 Å². The van der Waals surface area contributed by atoms with Gasteiger partial charge in [-0.05, 0) is 24.6 Å². The smallest absolute Gasteiger partial charge is 0.167 e. The summed E-state index contributed by atoms with van der Waals surface area (Å²) < 4.78 is 18.8. The number of nitrogens with two attached hydrogens (primary N) is 1. The average molecular weight is 312 g/mol. The number of anilines is 1. The molecule has 2 rings (SSSR count). The molecule has 106 valence electrons. The summed E-state index contributed by atoms with van der Waals surface area (Å²) in [6, 6.07) is 10.5. The second-order valence-electron chi connectivity index (χ2n) is 4.13. The van der Waals surface area contributed by atoms with Crippen LogP contribution in [0.5, 0.6) is 5.75 Å². The van der Waals surface area contributed by atoms with E-state index in [4.69, 9.17) is 22.1 Å². The van der Waals surface area contributed by atoms with Crippen molar-refractivity contribution in [3.05, 3.63) is 52.8 Å². The number of thioether (sulfide) groups is 1. The fourth-order valence-corrected chi connectivity index (χ4v) is 2.97. The molecule has 0 aromatic heterocycles. The van der Waals surface area contributed by atoms with Crippen molar-refractivity contribution < 1.29 is 9.13 Å². The zero-order valence-corrected chi connectivity index (χ0v) is 12.6. The Labute approximate surface area is 127 Å². The van der Waals surface area contributed by atoms with Crippen molar-refractivity contribution in [2.24, 2.45) is 0 Å². The van der Waals surface area contributed by atoms with Crippen LogP contribution in [-0.2, 0) is 5.75 Å². The van der Waals surface area contributed by atoms with Crippen LogP contribution in [0.1, 0.15) is 12.5 Å². The van der Waals surface area contributed by atoms with Crippen LogP contribution in [0, 0.1) is 5.82 Å². The predicted molar refractivity (Wildman–Crippen MR) is 83.0 cm³/mol. The minimum Gasteiger partial charge on any atom is -0.491 e. The maximum Gasteiger partial charge on any atom is 0.167 e. The Morgan fingerprint density at radius 3 is 2.75 bits per heavy atom. The Balaban J connectivity index is 2.17. The Morgan fingerprint density at radius 1 is 1.30 bits per heavy atom. The predicted octanol–water partition coefficient (Wildman–Crippen LogP) is 4.75. The number of ether oxygens (including phenoxy) is 1. The van der Waals surface area contributed by atoms with Gasteiger partial charge >= 0.3 is 0 Å². The van der Waals surface area contributed by atoms with Crippen molar-refractivity contribution >= 4 is 29.1 Å². The molecule has 2 aromatic carbocycles. The van der Waals surface area contributed by atoms with Crippen molar-refractivity contribution in [1.82, 2.24) is 0 Å². The molecule has 0 aliphatic rings. The maximum atomic E-state index is 13.6. The van der Waals surface area contributed by atoms with Crippen molar-refractivity contribution in [2.75, 3.05) is 12.3 Å². The van der Waals surface area contributed by atoms with Gasteiger partial charge in [0.25, 0.3) is 0 Å². The molecule has 0 amide bonds. The van der Waals surface area contributed by atoms with Crippen molar-refractivity contribution in [1.29, 1.82) is 0 Å². The lowest BCUT2D eigenvalue weighted by molar-refractivity contribution is 0.321. The molecule has 0 saturated heterocycles. The van der Waals surface area contributed by atoms with E-state index in [0.717, 1.165) is 10.5 Å². The van der Waals surface area contributed by atoms with E-state index < -0.39 is 5.82 Å². The van der Waals surface area contributed by atoms with Gasteiger partial charge in [0.15, 0.2) is 11.6 Å². The lowest BCUT2D eigenvalue weighted by Gasteiger charge is -2.10. The summed E-state index contributed by atoms with van der Waals surface area (Å²) in [6.07, 6.45) is 0. The van der Waals surface area contributed by atoms with E-state index in [1.807, 2.05) is 31.2 Å². The molecule has 0 aliphatic heterocycles. The van der Waals surface area contributed by atoms with Crippen LogP contribution in [-0.4, -0.2) is 6.61 Å². The Kier molecular flexibility index (Phi) is 5.15. The molecule has 2 aromatic rings. The number of hydrogen-bond acceptors (Lipinski definition) is 3. The second kappa shape index (κ2) is 6.86. The van der Waals surface area contributed by atoms with Gasteiger partial charge in [0.05, 0.1) is 6.61 Å². The Bertz CT molecular complexity index is 606. The van der Waals surface area contributed by atoms with Crippen LogP contribution in [0.25, 0.3) is 0 Å². The normalized spacial score (nSPS) is 10.6. The number of hydrogen-bond donors (Lipinski definition) is 1. The highest BCUT2D eigenvalue weighted by Gasteiger charge is 2.10. The summed E-state index contributed by atoms with van der Waals surface area (Å²) in [5.74, 6) is 0.455. The van der Waals surface area contributed by atoms with Gasteiger partial charge in [-0.25, -0.2) is 4.39 Å². The molecule has 0 radical (unpaired) electrons. The highest BCUT2D eigenvalue weighted by Crippen LogP contribution is 2.34. The van der Waals surface area contributed by atoms with Gasteiger partial charge in [0, 0.05) is 27.4 Å². The minimum atomic E-state index is -0.438. The summed E-state index contributed by atoms with van der Waals surface area (Å²) in [4.78, 5) is 0.787. The van der Waals surface area contributed by atoms with Crippen molar-refractivity contribution in [3.8, 4) is 5.75 Å². The summed E-state index contributed by atoms with van der Waals surface area (Å²) in [7, 11) is 0. The fraction of sp³-hybridized carbons (Fsp3) is 0.200. The molecule has 0 saturated carbocycles. The Morgan fingerprint density at radius 2 is 2.05 bits per heavy atom. The third-order valence-corrected chi connectivity index (χ3v) is 4.19. The van der Waals surface area contributed by atoms with Crippen molar-refractivity contribution in [3.63, 3.8) is 0 Å². The van der Waals surface area contributed by atoms with Gasteiger partial charge in [-0.15, -0.1) is 11.8 Å². The molecule has 2 N–H and O–H groups in total. The van der Waals surface area contributed by atoms with E-state index in [1.54, 1.807) is 6.07 Å². The molecule has 0 bridgehead atoms. The summed E-state index contributed by atoms with van der Waals surface area (Å²) in [6.45, 7) is 2.22. The van der Waals surface area contributed by atoms with Crippen LogP contribution < -0.4 is 10.5 Å². The van der Waals surface area contributed by atoms with Gasteiger partial charge in [-0.1, -0.05) is 29.8 Å². The lowest BCUT2D eigenvalue weighted by atomic mass is 10.2. The summed E-state index contributed by atoms with van der Waals surface area (Å²) >= 11 is 7.61. The van der Waals surface area contributed by atoms with Crippen LogP contribution in [0.3, 0.4) is 0 Å². The highest BCUT2D eigenvalue weighted by molar-refractivity contribution is 7.98. The first-order valence-corrected chi connectivity index (χ1v) is 7.56. The zero-order valence-electron chi connectivity index (χ0n) is 11.0. The highest BCUT2D eigenvalue weighted by atomic mass is 35.5. The second-order valence-corrected chi connectivity index (χ2v) is 5.56. The molecule has 5 heteroatoms. The molecule has 0 heterocycles. The van der Waals surface area contributed by atoms with Crippen LogP contribution in [0.2, 0.25) is 5.02 Å². The largest absolute Gasteiger partial charge is 0.491 e. The SMILES string of the molecule is CCOc1cc(SCc2ccccc2Cl)c(N)cc1F. The van der Waals surface area contributed by atoms with Crippen molar-refractivity contribution in [2.45, 2.75) is 17.6 Å². The average Bonchev–Trinajstić information content (AvgIpc) is 2.42. The standard InChI is InChI=1S/C15H15ClFNOS/c1-2-19-14-8-15(13(18)7-12(14)17)20-9-10-5-3-4-6-11(10)16/h3-8H,2,9,18H2,1H3. The van der Waals surface area contributed by atoms with Crippen LogP contribution in [0.15, 0.2) is 41.3 Å².